The van der Waals surface area contributed by atoms with E-state index in [1.165, 1.54) is 6.07 Å². The Bertz CT molecular complexity index is 377. The van der Waals surface area contributed by atoms with Gasteiger partial charge in [-0.1, -0.05) is 25.4 Å². The van der Waals surface area contributed by atoms with Gasteiger partial charge in [-0.2, -0.15) is 0 Å². The summed E-state index contributed by atoms with van der Waals surface area (Å²) in [5, 5.41) is 9.08. The molecule has 0 spiro atoms. The molecule has 0 radical (unpaired) electrons. The van der Waals surface area contributed by atoms with Gasteiger partial charge in [0.1, 0.15) is 11.4 Å². The second kappa shape index (κ2) is 3.84. The number of halogens is 1. The van der Waals surface area contributed by atoms with Crippen LogP contribution in [0.5, 0.6) is 0 Å². The molecule has 0 amide bonds. The van der Waals surface area contributed by atoms with E-state index < -0.39 is 5.97 Å². The number of rotatable bonds is 2. The van der Waals surface area contributed by atoms with Crippen LogP contribution in [-0.4, -0.2) is 16.1 Å². The van der Waals surface area contributed by atoms with Gasteiger partial charge in [0.05, 0.1) is 10.7 Å². The Morgan fingerprint density at radius 1 is 1.64 bits per heavy atom. The minimum atomic E-state index is -1.12. The number of pyridine rings is 1. The number of nitrogens with two attached hydrogens (primary N) is 1. The molecule has 1 heterocycles. The van der Waals surface area contributed by atoms with E-state index in [0.29, 0.717) is 10.7 Å². The third-order valence-corrected chi connectivity index (χ3v) is 2.11. The van der Waals surface area contributed by atoms with Crippen molar-refractivity contribution in [3.05, 3.63) is 22.3 Å². The van der Waals surface area contributed by atoms with Crippen LogP contribution in [0.2, 0.25) is 5.02 Å². The lowest BCUT2D eigenvalue weighted by Crippen LogP contribution is -2.07. The Hall–Kier alpha value is -1.29. The number of aromatic carboxylic acids is 1. The Labute approximate surface area is 86.7 Å². The number of nitrogen functional groups attached to an aromatic ring is 1. The molecule has 5 heteroatoms. The molecule has 0 fully saturated rings. The van der Waals surface area contributed by atoms with E-state index >= 15 is 0 Å². The molecule has 0 unspecified atom stereocenters. The van der Waals surface area contributed by atoms with Gasteiger partial charge in [-0.25, -0.2) is 9.78 Å². The van der Waals surface area contributed by atoms with E-state index in [2.05, 4.69) is 4.98 Å². The molecule has 0 aliphatic carbocycles. The highest BCUT2D eigenvalue weighted by atomic mass is 35.5. The van der Waals surface area contributed by atoms with Crippen LogP contribution in [0.25, 0.3) is 0 Å². The molecular formula is C9H11ClN2O2. The molecule has 0 atom stereocenters. The molecule has 76 valence electrons. The lowest BCUT2D eigenvalue weighted by Gasteiger charge is -2.09. The van der Waals surface area contributed by atoms with E-state index in [-0.39, 0.29) is 17.3 Å². The van der Waals surface area contributed by atoms with Gasteiger partial charge in [0.15, 0.2) is 0 Å². The molecule has 0 aliphatic rings. The monoisotopic (exact) mass is 214 g/mol. The highest BCUT2D eigenvalue weighted by Crippen LogP contribution is 2.25. The largest absolute Gasteiger partial charge is 0.478 e. The van der Waals surface area contributed by atoms with Crippen molar-refractivity contribution in [1.29, 1.82) is 0 Å². The van der Waals surface area contributed by atoms with Gasteiger partial charge in [0.2, 0.25) is 0 Å². The van der Waals surface area contributed by atoms with Gasteiger partial charge >= 0.3 is 5.97 Å². The van der Waals surface area contributed by atoms with Crippen LogP contribution in [0, 0.1) is 0 Å². The van der Waals surface area contributed by atoms with E-state index in [4.69, 9.17) is 22.4 Å². The molecule has 1 aromatic rings. The van der Waals surface area contributed by atoms with Crippen LogP contribution >= 0.6 is 11.6 Å². The van der Waals surface area contributed by atoms with Crippen LogP contribution in [0.15, 0.2) is 6.07 Å². The summed E-state index contributed by atoms with van der Waals surface area (Å²) in [5.41, 5.74) is 6.04. The third-order valence-electron chi connectivity index (χ3n) is 1.81. The molecule has 0 aliphatic heterocycles. The maximum atomic E-state index is 10.7. The highest BCUT2D eigenvalue weighted by Gasteiger charge is 2.15. The fourth-order valence-corrected chi connectivity index (χ4v) is 1.46. The number of aromatic nitrogens is 1. The first-order chi connectivity index (χ1) is 6.43. The Kier molecular flexibility index (Phi) is 2.96. The topological polar surface area (TPSA) is 76.2 Å². The number of carboxylic acid groups (broad SMARTS) is 1. The van der Waals surface area contributed by atoms with Crippen LogP contribution in [-0.2, 0) is 0 Å². The molecule has 3 N–H and O–H groups in total. The summed E-state index contributed by atoms with van der Waals surface area (Å²) in [5.74, 6) is -0.995. The van der Waals surface area contributed by atoms with Gasteiger partial charge in [0, 0.05) is 0 Å². The molecule has 1 rings (SSSR count). The lowest BCUT2D eigenvalue weighted by molar-refractivity contribution is 0.0697. The fourth-order valence-electron chi connectivity index (χ4n) is 1.09. The van der Waals surface area contributed by atoms with E-state index in [1.54, 1.807) is 0 Å². The maximum Gasteiger partial charge on any atom is 0.339 e. The first kappa shape index (κ1) is 10.8. The van der Waals surface area contributed by atoms with Crippen LogP contribution in [0.3, 0.4) is 0 Å². The second-order valence-corrected chi connectivity index (χ2v) is 3.66. The van der Waals surface area contributed by atoms with Crippen molar-refractivity contribution in [3.8, 4) is 0 Å². The van der Waals surface area contributed by atoms with Crippen LogP contribution in [0.4, 0.5) is 5.82 Å². The third kappa shape index (κ3) is 1.96. The molecule has 0 aromatic carbocycles. The van der Waals surface area contributed by atoms with Crippen molar-refractivity contribution in [2.45, 2.75) is 19.8 Å². The summed E-state index contributed by atoms with van der Waals surface area (Å²) >= 11 is 5.86. The van der Waals surface area contributed by atoms with Gasteiger partial charge < -0.3 is 10.8 Å². The maximum absolute atomic E-state index is 10.7. The molecule has 0 saturated heterocycles. The number of nitrogens with zero attached hydrogens (tertiary/aromatic N) is 1. The Morgan fingerprint density at radius 3 is 2.64 bits per heavy atom. The molecule has 0 saturated carbocycles. The predicted octanol–water partition coefficient (Wildman–Crippen LogP) is 2.14. The van der Waals surface area contributed by atoms with Crippen LogP contribution in [0.1, 0.15) is 35.8 Å². The quantitative estimate of drug-likeness (QED) is 0.791. The van der Waals surface area contributed by atoms with Crippen molar-refractivity contribution in [2.24, 2.45) is 0 Å². The summed E-state index contributed by atoms with van der Waals surface area (Å²) in [7, 11) is 0. The van der Waals surface area contributed by atoms with Crippen molar-refractivity contribution in [2.75, 3.05) is 5.73 Å². The Morgan fingerprint density at radius 2 is 2.21 bits per heavy atom. The minimum absolute atomic E-state index is 0.00519. The van der Waals surface area contributed by atoms with Crippen molar-refractivity contribution in [3.63, 3.8) is 0 Å². The van der Waals surface area contributed by atoms with Gasteiger partial charge in [0.25, 0.3) is 0 Å². The smallest absolute Gasteiger partial charge is 0.339 e. The van der Waals surface area contributed by atoms with Gasteiger partial charge in [-0.3, -0.25) is 0 Å². The number of hydrogen-bond donors (Lipinski definition) is 2. The van der Waals surface area contributed by atoms with E-state index in [1.807, 2.05) is 13.8 Å². The zero-order valence-corrected chi connectivity index (χ0v) is 8.67. The standard InChI is InChI=1S/C9H11ClN2O2/c1-4(2)7-6(10)3-5(9(13)14)8(11)12-7/h3-4H,1-2H3,(H2,11,12)(H,13,14). The zero-order valence-electron chi connectivity index (χ0n) is 7.91. The molecule has 14 heavy (non-hydrogen) atoms. The van der Waals surface area contributed by atoms with Crippen molar-refractivity contribution < 1.29 is 9.90 Å². The molecule has 1 aromatic heterocycles. The fraction of sp³-hybridized carbons (Fsp3) is 0.333. The Balaban J connectivity index is 3.31. The summed E-state index contributed by atoms with van der Waals surface area (Å²) in [6, 6.07) is 1.33. The molecular weight excluding hydrogens is 204 g/mol. The summed E-state index contributed by atoms with van der Waals surface area (Å²) in [6.45, 7) is 3.82. The number of hydrogen-bond acceptors (Lipinski definition) is 3. The average Bonchev–Trinajstić information content (AvgIpc) is 2.07. The number of carbonyl (C=O) groups is 1. The summed E-state index contributed by atoms with van der Waals surface area (Å²) < 4.78 is 0. The van der Waals surface area contributed by atoms with Crippen molar-refractivity contribution >= 4 is 23.4 Å². The minimum Gasteiger partial charge on any atom is -0.478 e. The van der Waals surface area contributed by atoms with Crippen LogP contribution < -0.4 is 5.73 Å². The molecule has 0 bridgehead atoms. The first-order valence-electron chi connectivity index (χ1n) is 4.12. The van der Waals surface area contributed by atoms with Gasteiger partial charge in [-0.15, -0.1) is 0 Å². The predicted molar refractivity (Wildman–Crippen MR) is 54.7 cm³/mol. The zero-order chi connectivity index (χ0) is 10.9. The lowest BCUT2D eigenvalue weighted by atomic mass is 10.1. The number of carboxylic acids is 1. The summed E-state index contributed by atoms with van der Waals surface area (Å²) in [4.78, 5) is 14.6. The van der Waals surface area contributed by atoms with Gasteiger partial charge in [-0.05, 0) is 12.0 Å². The normalized spacial score (nSPS) is 10.6. The van der Waals surface area contributed by atoms with E-state index in [0.717, 1.165) is 0 Å². The average molecular weight is 215 g/mol. The first-order valence-corrected chi connectivity index (χ1v) is 4.50. The summed E-state index contributed by atoms with van der Waals surface area (Å²) in [6.07, 6.45) is 0. The van der Waals surface area contributed by atoms with E-state index in [9.17, 15) is 4.79 Å². The molecule has 4 nitrogen and oxygen atoms in total. The highest BCUT2D eigenvalue weighted by molar-refractivity contribution is 6.31. The second-order valence-electron chi connectivity index (χ2n) is 3.25. The van der Waals surface area contributed by atoms with Crippen molar-refractivity contribution in [1.82, 2.24) is 4.98 Å². The number of anilines is 1. The SMILES string of the molecule is CC(C)c1nc(N)c(C(=O)O)cc1Cl.